The molecule has 0 spiro atoms. The van der Waals surface area contributed by atoms with Crippen LogP contribution in [0.1, 0.15) is 18.4 Å². The molecule has 2 rings (SSSR count). The smallest absolute Gasteiger partial charge is 0.242 e. The van der Waals surface area contributed by atoms with E-state index in [2.05, 4.69) is 4.90 Å². The summed E-state index contributed by atoms with van der Waals surface area (Å²) in [5, 5.41) is 0. The first-order valence-corrected chi connectivity index (χ1v) is 8.39. The van der Waals surface area contributed by atoms with Crippen molar-refractivity contribution < 1.29 is 8.42 Å². The van der Waals surface area contributed by atoms with Crippen LogP contribution in [0.5, 0.6) is 0 Å². The van der Waals surface area contributed by atoms with Gasteiger partial charge in [0.15, 0.2) is 0 Å². The van der Waals surface area contributed by atoms with Crippen LogP contribution in [0, 0.1) is 6.92 Å². The summed E-state index contributed by atoms with van der Waals surface area (Å²) in [6.45, 7) is 5.30. The van der Waals surface area contributed by atoms with E-state index in [0.29, 0.717) is 12.2 Å². The summed E-state index contributed by atoms with van der Waals surface area (Å²) in [7, 11) is -1.82. The zero-order chi connectivity index (χ0) is 14.8. The van der Waals surface area contributed by atoms with Gasteiger partial charge >= 0.3 is 0 Å². The van der Waals surface area contributed by atoms with Crippen molar-refractivity contribution in [3.05, 3.63) is 23.8 Å². The van der Waals surface area contributed by atoms with Gasteiger partial charge in [0, 0.05) is 25.8 Å². The van der Waals surface area contributed by atoms with E-state index >= 15 is 0 Å². The maximum atomic E-state index is 12.5. The van der Waals surface area contributed by atoms with E-state index in [1.54, 1.807) is 19.2 Å². The second kappa shape index (κ2) is 6.11. The van der Waals surface area contributed by atoms with Crippen molar-refractivity contribution >= 4 is 15.7 Å². The highest BCUT2D eigenvalue weighted by molar-refractivity contribution is 7.89. The van der Waals surface area contributed by atoms with Crippen LogP contribution in [0.15, 0.2) is 23.1 Å². The highest BCUT2D eigenvalue weighted by atomic mass is 32.2. The van der Waals surface area contributed by atoms with E-state index in [4.69, 9.17) is 5.73 Å². The third-order valence-electron chi connectivity index (χ3n) is 3.71. The van der Waals surface area contributed by atoms with E-state index in [1.165, 1.54) is 23.2 Å². The zero-order valence-electron chi connectivity index (χ0n) is 12.2. The Morgan fingerprint density at radius 2 is 1.90 bits per heavy atom. The fourth-order valence-corrected chi connectivity index (χ4v) is 3.82. The van der Waals surface area contributed by atoms with Crippen molar-refractivity contribution in [2.75, 3.05) is 39.0 Å². The number of aryl methyl sites for hydroxylation is 1. The number of nitrogens with zero attached hydrogens (tertiary/aromatic N) is 2. The van der Waals surface area contributed by atoms with Crippen LogP contribution in [0.2, 0.25) is 0 Å². The molecule has 0 atom stereocenters. The van der Waals surface area contributed by atoms with E-state index in [9.17, 15) is 8.42 Å². The molecule has 0 aromatic heterocycles. The van der Waals surface area contributed by atoms with Crippen molar-refractivity contribution in [3.8, 4) is 0 Å². The maximum absolute atomic E-state index is 12.5. The van der Waals surface area contributed by atoms with E-state index in [1.807, 2.05) is 6.92 Å². The van der Waals surface area contributed by atoms with Gasteiger partial charge in [-0.1, -0.05) is 0 Å². The Bertz CT molecular complexity index is 546. The van der Waals surface area contributed by atoms with Crippen molar-refractivity contribution in [2.24, 2.45) is 0 Å². The number of likely N-dealkylation sites (tertiary alicyclic amines) is 1. The van der Waals surface area contributed by atoms with Gasteiger partial charge in [0.2, 0.25) is 10.0 Å². The van der Waals surface area contributed by atoms with Crippen molar-refractivity contribution in [1.82, 2.24) is 9.21 Å². The second-order valence-corrected chi connectivity index (χ2v) is 7.50. The lowest BCUT2D eigenvalue weighted by Gasteiger charge is -2.21. The summed E-state index contributed by atoms with van der Waals surface area (Å²) in [6.07, 6.45) is 2.43. The molecular weight excluding hydrogens is 274 g/mol. The van der Waals surface area contributed by atoms with Gasteiger partial charge in [0.05, 0.1) is 4.90 Å². The minimum atomic E-state index is -3.45. The van der Waals surface area contributed by atoms with Crippen LogP contribution < -0.4 is 5.73 Å². The van der Waals surface area contributed by atoms with Crippen molar-refractivity contribution in [2.45, 2.75) is 24.7 Å². The minimum Gasteiger partial charge on any atom is -0.399 e. The molecule has 0 aliphatic carbocycles. The standard InChI is InChI=1S/C14H23N3O2S/c1-12-9-13(15)11-14(10-12)20(18,19)16(2)7-8-17-5-3-4-6-17/h9-11H,3-8,15H2,1-2H3. The Morgan fingerprint density at radius 3 is 2.50 bits per heavy atom. The summed E-state index contributed by atoms with van der Waals surface area (Å²) in [6, 6.07) is 4.95. The van der Waals surface area contributed by atoms with Gasteiger partial charge in [-0.15, -0.1) is 0 Å². The monoisotopic (exact) mass is 297 g/mol. The first kappa shape index (κ1) is 15.3. The lowest BCUT2D eigenvalue weighted by Crippen LogP contribution is -2.35. The SMILES string of the molecule is Cc1cc(N)cc(S(=O)(=O)N(C)CCN2CCCC2)c1. The van der Waals surface area contributed by atoms with Crippen molar-refractivity contribution in [3.63, 3.8) is 0 Å². The molecule has 0 bridgehead atoms. The minimum absolute atomic E-state index is 0.277. The van der Waals surface area contributed by atoms with Crippen molar-refractivity contribution in [1.29, 1.82) is 0 Å². The molecule has 1 aliphatic heterocycles. The topological polar surface area (TPSA) is 66.6 Å². The van der Waals surface area contributed by atoms with Gasteiger partial charge in [0.25, 0.3) is 0 Å². The number of nitrogen functional groups attached to an aromatic ring is 1. The van der Waals surface area contributed by atoms with Gasteiger partial charge in [0.1, 0.15) is 0 Å². The van der Waals surface area contributed by atoms with Gasteiger partial charge < -0.3 is 10.6 Å². The number of rotatable bonds is 5. The summed E-state index contributed by atoms with van der Waals surface area (Å²) >= 11 is 0. The maximum Gasteiger partial charge on any atom is 0.242 e. The van der Waals surface area contributed by atoms with Crippen LogP contribution in [-0.4, -0.2) is 50.8 Å². The molecule has 2 N–H and O–H groups in total. The Balaban J connectivity index is 2.07. The molecule has 1 heterocycles. The molecule has 0 saturated carbocycles. The Kier molecular flexibility index (Phi) is 4.67. The summed E-state index contributed by atoms with van der Waals surface area (Å²) in [5.41, 5.74) is 7.08. The molecule has 112 valence electrons. The Labute approximate surface area is 121 Å². The summed E-state index contributed by atoms with van der Waals surface area (Å²) in [5.74, 6) is 0. The fourth-order valence-electron chi connectivity index (χ4n) is 2.51. The number of nitrogens with two attached hydrogens (primary N) is 1. The van der Waals surface area contributed by atoms with E-state index in [0.717, 1.165) is 25.2 Å². The van der Waals surface area contributed by atoms with Crippen LogP contribution in [0.3, 0.4) is 0 Å². The molecule has 1 aromatic rings. The molecule has 6 heteroatoms. The molecule has 0 unspecified atom stereocenters. The van der Waals surface area contributed by atoms with Crippen LogP contribution in [-0.2, 0) is 10.0 Å². The molecule has 0 amide bonds. The van der Waals surface area contributed by atoms with Gasteiger partial charge in [-0.05, 0) is 56.6 Å². The lowest BCUT2D eigenvalue weighted by atomic mass is 10.2. The predicted molar refractivity (Wildman–Crippen MR) is 81.1 cm³/mol. The molecule has 0 radical (unpaired) electrons. The lowest BCUT2D eigenvalue weighted by molar-refractivity contribution is 0.310. The van der Waals surface area contributed by atoms with Crippen LogP contribution >= 0.6 is 0 Å². The second-order valence-electron chi connectivity index (χ2n) is 5.45. The van der Waals surface area contributed by atoms with Crippen LogP contribution in [0.4, 0.5) is 5.69 Å². The number of hydrogen-bond donors (Lipinski definition) is 1. The fraction of sp³-hybridized carbons (Fsp3) is 0.571. The number of benzene rings is 1. The first-order chi connectivity index (χ1) is 9.39. The number of anilines is 1. The molecular formula is C14H23N3O2S. The highest BCUT2D eigenvalue weighted by Gasteiger charge is 2.22. The third-order valence-corrected chi connectivity index (χ3v) is 5.55. The predicted octanol–water partition coefficient (Wildman–Crippen LogP) is 1.29. The number of sulfonamides is 1. The first-order valence-electron chi connectivity index (χ1n) is 6.95. The van der Waals surface area contributed by atoms with Gasteiger partial charge in [-0.3, -0.25) is 0 Å². The molecule has 1 fully saturated rings. The quantitative estimate of drug-likeness (QED) is 0.832. The van der Waals surface area contributed by atoms with Gasteiger partial charge in [-0.2, -0.15) is 4.31 Å². The largest absolute Gasteiger partial charge is 0.399 e. The summed E-state index contributed by atoms with van der Waals surface area (Å²) in [4.78, 5) is 2.58. The average molecular weight is 297 g/mol. The normalized spacial score (nSPS) is 16.9. The molecule has 1 aliphatic rings. The molecule has 5 nitrogen and oxygen atoms in total. The van der Waals surface area contributed by atoms with Crippen LogP contribution in [0.25, 0.3) is 0 Å². The Hall–Kier alpha value is -1.11. The van der Waals surface area contributed by atoms with E-state index in [-0.39, 0.29) is 4.90 Å². The third kappa shape index (κ3) is 3.50. The average Bonchev–Trinajstić information content (AvgIpc) is 2.87. The summed E-state index contributed by atoms with van der Waals surface area (Å²) < 4.78 is 26.4. The van der Waals surface area contributed by atoms with Gasteiger partial charge in [-0.25, -0.2) is 8.42 Å². The zero-order valence-corrected chi connectivity index (χ0v) is 13.0. The molecule has 1 aromatic carbocycles. The number of hydrogen-bond acceptors (Lipinski definition) is 4. The highest BCUT2D eigenvalue weighted by Crippen LogP contribution is 2.19. The molecule has 1 saturated heterocycles. The Morgan fingerprint density at radius 1 is 1.25 bits per heavy atom. The van der Waals surface area contributed by atoms with E-state index < -0.39 is 10.0 Å². The number of likely N-dealkylation sites (N-methyl/N-ethyl adjacent to an activating group) is 1. The molecule has 20 heavy (non-hydrogen) atoms.